The number of ether oxygens (including phenoxy) is 2. The Bertz CT molecular complexity index is 422. The van der Waals surface area contributed by atoms with E-state index in [0.29, 0.717) is 19.3 Å². The van der Waals surface area contributed by atoms with Crippen molar-refractivity contribution in [1.29, 1.82) is 0 Å². The second-order valence-electron chi connectivity index (χ2n) is 4.47. The number of hydrogen-bond acceptors (Lipinski definition) is 3. The van der Waals surface area contributed by atoms with E-state index in [1.165, 1.54) is 18.4 Å². The summed E-state index contributed by atoms with van der Waals surface area (Å²) in [7, 11) is 0. The number of fused-ring (bicyclic) bond motifs is 1. The lowest BCUT2D eigenvalue weighted by Crippen LogP contribution is -2.18. The molecule has 3 heteroatoms. The van der Waals surface area contributed by atoms with Crippen molar-refractivity contribution in [2.75, 3.05) is 19.8 Å². The molecule has 1 fully saturated rings. The number of hydrogen-bond donors (Lipinski definition) is 1. The van der Waals surface area contributed by atoms with Gasteiger partial charge in [0.15, 0.2) is 11.5 Å². The van der Waals surface area contributed by atoms with Crippen molar-refractivity contribution in [3.63, 3.8) is 0 Å². The van der Waals surface area contributed by atoms with E-state index in [-0.39, 0.29) is 0 Å². The van der Waals surface area contributed by atoms with Gasteiger partial charge < -0.3 is 14.8 Å². The van der Waals surface area contributed by atoms with Crippen LogP contribution in [0.2, 0.25) is 0 Å². The summed E-state index contributed by atoms with van der Waals surface area (Å²) in [5, 5.41) is 3.45. The fraction of sp³-hybridized carbons (Fsp3) is 0.429. The van der Waals surface area contributed by atoms with Crippen molar-refractivity contribution in [2.45, 2.75) is 18.9 Å². The van der Waals surface area contributed by atoms with Gasteiger partial charge in [-0.1, -0.05) is 18.2 Å². The van der Waals surface area contributed by atoms with Crippen LogP contribution in [-0.2, 0) is 0 Å². The summed E-state index contributed by atoms with van der Waals surface area (Å²) in [6, 6.07) is 6.62. The van der Waals surface area contributed by atoms with Crippen LogP contribution >= 0.6 is 0 Å². The van der Waals surface area contributed by atoms with Gasteiger partial charge in [0.25, 0.3) is 0 Å². The molecule has 0 radical (unpaired) electrons. The zero-order valence-electron chi connectivity index (χ0n) is 9.82. The first-order valence-electron chi connectivity index (χ1n) is 6.23. The minimum absolute atomic E-state index is 0.531. The van der Waals surface area contributed by atoms with E-state index in [2.05, 4.69) is 23.5 Å². The van der Waals surface area contributed by atoms with Crippen molar-refractivity contribution >= 4 is 6.08 Å². The van der Waals surface area contributed by atoms with Gasteiger partial charge in [-0.25, -0.2) is 0 Å². The molecule has 0 saturated carbocycles. The average Bonchev–Trinajstić information content (AvgIpc) is 2.89. The second-order valence-corrected chi connectivity index (χ2v) is 4.47. The molecule has 0 bridgehead atoms. The van der Waals surface area contributed by atoms with E-state index in [0.717, 1.165) is 18.0 Å². The van der Waals surface area contributed by atoms with Crippen molar-refractivity contribution in [3.05, 3.63) is 29.8 Å². The summed E-state index contributed by atoms with van der Waals surface area (Å²) in [4.78, 5) is 0. The summed E-state index contributed by atoms with van der Waals surface area (Å²) in [5.41, 5.74) is 1.17. The Hall–Kier alpha value is -1.48. The van der Waals surface area contributed by atoms with Gasteiger partial charge in [0.1, 0.15) is 13.2 Å². The van der Waals surface area contributed by atoms with Gasteiger partial charge in [-0.2, -0.15) is 0 Å². The van der Waals surface area contributed by atoms with Crippen molar-refractivity contribution < 1.29 is 9.47 Å². The van der Waals surface area contributed by atoms with Crippen LogP contribution in [0.25, 0.3) is 6.08 Å². The maximum absolute atomic E-state index is 5.56. The Morgan fingerprint density at radius 3 is 2.88 bits per heavy atom. The summed E-state index contributed by atoms with van der Waals surface area (Å²) >= 11 is 0. The molecular formula is C14H17NO2. The van der Waals surface area contributed by atoms with E-state index < -0.39 is 0 Å². The minimum atomic E-state index is 0.531. The Morgan fingerprint density at radius 2 is 2.06 bits per heavy atom. The number of benzene rings is 1. The van der Waals surface area contributed by atoms with Gasteiger partial charge in [-0.15, -0.1) is 0 Å². The van der Waals surface area contributed by atoms with E-state index in [9.17, 15) is 0 Å². The predicted octanol–water partition coefficient (Wildman–Crippen LogP) is 2.22. The topological polar surface area (TPSA) is 30.5 Å². The Morgan fingerprint density at radius 1 is 1.18 bits per heavy atom. The third-order valence-corrected chi connectivity index (χ3v) is 3.19. The molecule has 1 aromatic rings. The van der Waals surface area contributed by atoms with Crippen LogP contribution < -0.4 is 14.8 Å². The smallest absolute Gasteiger partial charge is 0.161 e. The zero-order valence-corrected chi connectivity index (χ0v) is 9.82. The highest BCUT2D eigenvalue weighted by Crippen LogP contribution is 2.31. The molecule has 2 aliphatic heterocycles. The van der Waals surface area contributed by atoms with Gasteiger partial charge in [0, 0.05) is 6.04 Å². The molecule has 90 valence electrons. The SMILES string of the molecule is C(=C\C1CCCN1)/c1ccc2c(c1)OCCO2. The Balaban J connectivity index is 1.74. The molecule has 0 aliphatic carbocycles. The monoisotopic (exact) mass is 231 g/mol. The fourth-order valence-corrected chi connectivity index (χ4v) is 2.27. The summed E-state index contributed by atoms with van der Waals surface area (Å²) < 4.78 is 11.1. The summed E-state index contributed by atoms with van der Waals surface area (Å²) in [6.45, 7) is 2.43. The maximum atomic E-state index is 5.56. The number of rotatable bonds is 2. The molecule has 0 aromatic heterocycles. The molecule has 1 atom stereocenters. The van der Waals surface area contributed by atoms with Gasteiger partial charge >= 0.3 is 0 Å². The molecule has 2 heterocycles. The average molecular weight is 231 g/mol. The van der Waals surface area contributed by atoms with E-state index in [1.807, 2.05) is 12.1 Å². The highest BCUT2D eigenvalue weighted by Gasteiger charge is 2.12. The third-order valence-electron chi connectivity index (χ3n) is 3.19. The summed E-state index contributed by atoms with van der Waals surface area (Å²) in [5.74, 6) is 1.71. The van der Waals surface area contributed by atoms with Gasteiger partial charge in [0.2, 0.25) is 0 Å². The first-order chi connectivity index (χ1) is 8.42. The van der Waals surface area contributed by atoms with Crippen molar-refractivity contribution in [2.24, 2.45) is 0 Å². The van der Waals surface area contributed by atoms with Gasteiger partial charge in [-0.05, 0) is 37.1 Å². The van der Waals surface area contributed by atoms with Gasteiger partial charge in [-0.3, -0.25) is 0 Å². The first kappa shape index (κ1) is 10.7. The molecule has 2 aliphatic rings. The normalized spacial score (nSPS) is 23.2. The zero-order chi connectivity index (χ0) is 11.5. The minimum Gasteiger partial charge on any atom is -0.486 e. The molecule has 1 aromatic carbocycles. The van der Waals surface area contributed by atoms with E-state index in [1.54, 1.807) is 0 Å². The second kappa shape index (κ2) is 4.80. The van der Waals surface area contributed by atoms with Crippen LogP contribution in [-0.4, -0.2) is 25.8 Å². The molecule has 3 rings (SSSR count). The standard InChI is InChI=1S/C14H17NO2/c1-2-12(15-7-1)5-3-11-4-6-13-14(10-11)17-9-8-16-13/h3-6,10,12,15H,1-2,7-9H2/b5-3+. The third kappa shape index (κ3) is 2.44. The van der Waals surface area contributed by atoms with Crippen molar-refractivity contribution in [1.82, 2.24) is 5.32 Å². The largest absolute Gasteiger partial charge is 0.486 e. The summed E-state index contributed by atoms with van der Waals surface area (Å²) in [6.07, 6.45) is 6.90. The Kier molecular flexibility index (Phi) is 3.01. The first-order valence-corrected chi connectivity index (χ1v) is 6.23. The highest BCUT2D eigenvalue weighted by atomic mass is 16.6. The lowest BCUT2D eigenvalue weighted by atomic mass is 10.1. The maximum Gasteiger partial charge on any atom is 0.161 e. The van der Waals surface area contributed by atoms with Crippen LogP contribution in [0.5, 0.6) is 11.5 Å². The van der Waals surface area contributed by atoms with Crippen LogP contribution in [0.3, 0.4) is 0 Å². The molecule has 3 nitrogen and oxygen atoms in total. The van der Waals surface area contributed by atoms with Crippen LogP contribution in [0.4, 0.5) is 0 Å². The van der Waals surface area contributed by atoms with Crippen molar-refractivity contribution in [3.8, 4) is 11.5 Å². The predicted molar refractivity (Wildman–Crippen MR) is 67.5 cm³/mol. The van der Waals surface area contributed by atoms with Gasteiger partial charge in [0.05, 0.1) is 0 Å². The molecular weight excluding hydrogens is 214 g/mol. The Labute approximate surface area is 101 Å². The number of nitrogens with one attached hydrogen (secondary N) is 1. The molecule has 0 amide bonds. The van der Waals surface area contributed by atoms with Crippen LogP contribution in [0.15, 0.2) is 24.3 Å². The lowest BCUT2D eigenvalue weighted by molar-refractivity contribution is 0.171. The molecule has 1 saturated heterocycles. The molecule has 17 heavy (non-hydrogen) atoms. The molecule has 0 spiro atoms. The van der Waals surface area contributed by atoms with E-state index in [4.69, 9.17) is 9.47 Å². The quantitative estimate of drug-likeness (QED) is 0.846. The molecule has 1 N–H and O–H groups in total. The molecule has 1 unspecified atom stereocenters. The lowest BCUT2D eigenvalue weighted by Gasteiger charge is -2.18. The highest BCUT2D eigenvalue weighted by molar-refractivity contribution is 5.56. The van der Waals surface area contributed by atoms with Crippen LogP contribution in [0, 0.1) is 0 Å². The van der Waals surface area contributed by atoms with Crippen LogP contribution in [0.1, 0.15) is 18.4 Å². The fourth-order valence-electron chi connectivity index (χ4n) is 2.27. The van der Waals surface area contributed by atoms with E-state index >= 15 is 0 Å².